The fraction of sp³-hybridized carbons (Fsp3) is 1.00. The molecule has 2 aliphatic rings. The van der Waals surface area contributed by atoms with Crippen LogP contribution in [0, 0.1) is 5.41 Å². The fourth-order valence-electron chi connectivity index (χ4n) is 3.40. The normalized spacial score (nSPS) is 34.8. The first-order valence-corrected chi connectivity index (χ1v) is 8.34. The minimum atomic E-state index is 0.495. The average molecular weight is 256 g/mol. The fourth-order valence-corrected chi connectivity index (χ4v) is 5.11. The van der Waals surface area contributed by atoms with Gasteiger partial charge in [0, 0.05) is 17.8 Å². The molecule has 0 aliphatic carbocycles. The Morgan fingerprint density at radius 3 is 2.88 bits per heavy atom. The van der Waals surface area contributed by atoms with E-state index < -0.39 is 0 Å². The predicted octanol–water partition coefficient (Wildman–Crippen LogP) is 2.72. The van der Waals surface area contributed by atoms with Gasteiger partial charge in [0.25, 0.3) is 0 Å². The zero-order valence-corrected chi connectivity index (χ0v) is 12.3. The number of piperidine rings is 1. The molecule has 0 aromatic rings. The maximum Gasteiger partial charge on any atom is 0.0240 e. The van der Waals surface area contributed by atoms with Gasteiger partial charge in [-0.05, 0) is 49.9 Å². The summed E-state index contributed by atoms with van der Waals surface area (Å²) in [7, 11) is 0. The molecule has 0 aromatic heterocycles. The molecule has 2 fully saturated rings. The molecule has 2 nitrogen and oxygen atoms in total. The first kappa shape index (κ1) is 13.7. The van der Waals surface area contributed by atoms with E-state index >= 15 is 0 Å². The lowest BCUT2D eigenvalue weighted by atomic mass is 9.79. The first-order chi connectivity index (χ1) is 8.15. The Kier molecular flexibility index (Phi) is 4.79. The van der Waals surface area contributed by atoms with E-state index in [2.05, 4.69) is 30.5 Å². The molecule has 2 heterocycles. The van der Waals surface area contributed by atoms with E-state index in [0.29, 0.717) is 5.41 Å². The van der Waals surface area contributed by atoms with Crippen LogP contribution in [0.3, 0.4) is 0 Å². The Morgan fingerprint density at radius 2 is 2.18 bits per heavy atom. The first-order valence-electron chi connectivity index (χ1n) is 7.19. The molecule has 2 atom stereocenters. The molecule has 0 spiro atoms. The van der Waals surface area contributed by atoms with Crippen molar-refractivity contribution in [3.63, 3.8) is 0 Å². The molecule has 0 saturated carbocycles. The minimum Gasteiger partial charge on any atom is -0.330 e. The van der Waals surface area contributed by atoms with Crippen molar-refractivity contribution in [2.24, 2.45) is 11.1 Å². The molecule has 0 bridgehead atoms. The van der Waals surface area contributed by atoms with Crippen LogP contribution in [0.25, 0.3) is 0 Å². The predicted molar refractivity (Wildman–Crippen MR) is 77.5 cm³/mol. The van der Waals surface area contributed by atoms with Gasteiger partial charge in [0.2, 0.25) is 0 Å². The molecular formula is C14H28N2S. The van der Waals surface area contributed by atoms with Gasteiger partial charge < -0.3 is 5.73 Å². The van der Waals surface area contributed by atoms with Gasteiger partial charge in [-0.1, -0.05) is 20.3 Å². The van der Waals surface area contributed by atoms with E-state index in [4.69, 9.17) is 5.73 Å². The molecule has 17 heavy (non-hydrogen) atoms. The zero-order valence-electron chi connectivity index (χ0n) is 11.5. The van der Waals surface area contributed by atoms with Gasteiger partial charge in [-0.3, -0.25) is 4.90 Å². The summed E-state index contributed by atoms with van der Waals surface area (Å²) >= 11 is 2.15. The van der Waals surface area contributed by atoms with Crippen molar-refractivity contribution < 1.29 is 0 Å². The number of nitrogens with two attached hydrogens (primary N) is 1. The summed E-state index contributed by atoms with van der Waals surface area (Å²) in [6, 6.07) is 1.54. The number of likely N-dealkylation sites (tertiary alicyclic amines) is 1. The van der Waals surface area contributed by atoms with Gasteiger partial charge >= 0.3 is 0 Å². The minimum absolute atomic E-state index is 0.495. The van der Waals surface area contributed by atoms with E-state index in [1.807, 2.05) is 0 Å². The van der Waals surface area contributed by atoms with Crippen LogP contribution in [-0.2, 0) is 0 Å². The monoisotopic (exact) mass is 256 g/mol. The second-order valence-corrected chi connectivity index (χ2v) is 7.44. The third-order valence-corrected chi connectivity index (χ3v) is 5.69. The standard InChI is InChI=1S/C14H28N2S/c1-14(2)7-10-17-11-13(14)16-9-4-3-5-12(16)6-8-15/h12-13H,3-11,15H2,1-2H3. The maximum absolute atomic E-state index is 5.79. The van der Waals surface area contributed by atoms with E-state index in [-0.39, 0.29) is 0 Å². The highest BCUT2D eigenvalue weighted by Crippen LogP contribution is 2.39. The molecule has 2 aliphatic heterocycles. The van der Waals surface area contributed by atoms with Crippen LogP contribution in [0.4, 0.5) is 0 Å². The van der Waals surface area contributed by atoms with Crippen molar-refractivity contribution >= 4 is 11.8 Å². The van der Waals surface area contributed by atoms with Crippen molar-refractivity contribution in [2.75, 3.05) is 24.6 Å². The Balaban J connectivity index is 2.06. The zero-order chi connectivity index (χ0) is 12.3. The Labute approximate surface area is 111 Å². The van der Waals surface area contributed by atoms with Crippen LogP contribution in [0.2, 0.25) is 0 Å². The molecule has 2 saturated heterocycles. The summed E-state index contributed by atoms with van der Waals surface area (Å²) in [6.07, 6.45) is 6.72. The van der Waals surface area contributed by atoms with Gasteiger partial charge in [0.1, 0.15) is 0 Å². The average Bonchev–Trinajstić information content (AvgIpc) is 2.30. The van der Waals surface area contributed by atoms with Gasteiger partial charge in [-0.15, -0.1) is 0 Å². The number of thioether (sulfide) groups is 1. The topological polar surface area (TPSA) is 29.3 Å². The van der Waals surface area contributed by atoms with Gasteiger partial charge in [0.15, 0.2) is 0 Å². The van der Waals surface area contributed by atoms with Crippen molar-refractivity contribution in [3.05, 3.63) is 0 Å². The molecule has 2 unspecified atom stereocenters. The van der Waals surface area contributed by atoms with E-state index in [1.165, 1.54) is 50.2 Å². The number of rotatable bonds is 3. The second kappa shape index (κ2) is 5.94. The summed E-state index contributed by atoms with van der Waals surface area (Å²) < 4.78 is 0. The molecule has 3 heteroatoms. The molecule has 0 amide bonds. The van der Waals surface area contributed by atoms with Crippen molar-refractivity contribution in [1.29, 1.82) is 0 Å². The van der Waals surface area contributed by atoms with Crippen LogP contribution in [0.1, 0.15) is 46.0 Å². The summed E-state index contributed by atoms with van der Waals surface area (Å²) in [4.78, 5) is 2.81. The van der Waals surface area contributed by atoms with Crippen LogP contribution in [-0.4, -0.2) is 41.6 Å². The molecule has 2 N–H and O–H groups in total. The number of nitrogens with zero attached hydrogens (tertiary/aromatic N) is 1. The third kappa shape index (κ3) is 3.18. The molecule has 0 aromatic carbocycles. The SMILES string of the molecule is CC1(C)CCSCC1N1CCCCC1CCN. The lowest BCUT2D eigenvalue weighted by Gasteiger charge is -2.50. The highest BCUT2D eigenvalue weighted by Gasteiger charge is 2.39. The van der Waals surface area contributed by atoms with Crippen molar-refractivity contribution in [3.8, 4) is 0 Å². The lowest BCUT2D eigenvalue weighted by Crippen LogP contribution is -2.55. The second-order valence-electron chi connectivity index (χ2n) is 6.29. The number of hydrogen-bond donors (Lipinski definition) is 1. The van der Waals surface area contributed by atoms with Gasteiger partial charge in [-0.2, -0.15) is 11.8 Å². The summed E-state index contributed by atoms with van der Waals surface area (Å²) in [5.41, 5.74) is 6.28. The van der Waals surface area contributed by atoms with Crippen LogP contribution in [0.15, 0.2) is 0 Å². The molecule has 0 radical (unpaired) electrons. The van der Waals surface area contributed by atoms with Crippen molar-refractivity contribution in [1.82, 2.24) is 4.90 Å². The van der Waals surface area contributed by atoms with Crippen LogP contribution >= 0.6 is 11.8 Å². The highest BCUT2D eigenvalue weighted by molar-refractivity contribution is 7.99. The van der Waals surface area contributed by atoms with E-state index in [0.717, 1.165) is 18.6 Å². The molecule has 100 valence electrons. The smallest absolute Gasteiger partial charge is 0.0240 e. The quantitative estimate of drug-likeness (QED) is 0.842. The van der Waals surface area contributed by atoms with Crippen LogP contribution < -0.4 is 5.73 Å². The Hall–Kier alpha value is 0.270. The largest absolute Gasteiger partial charge is 0.330 e. The third-order valence-electron chi connectivity index (χ3n) is 4.64. The molecular weight excluding hydrogens is 228 g/mol. The molecule has 2 rings (SSSR count). The summed E-state index contributed by atoms with van der Waals surface area (Å²) in [6.45, 7) is 7.08. The Morgan fingerprint density at radius 1 is 1.35 bits per heavy atom. The number of hydrogen-bond acceptors (Lipinski definition) is 3. The highest BCUT2D eigenvalue weighted by atomic mass is 32.2. The summed E-state index contributed by atoms with van der Waals surface area (Å²) in [5, 5.41) is 0. The van der Waals surface area contributed by atoms with Gasteiger partial charge in [0.05, 0.1) is 0 Å². The van der Waals surface area contributed by atoms with E-state index in [9.17, 15) is 0 Å². The summed E-state index contributed by atoms with van der Waals surface area (Å²) in [5.74, 6) is 2.67. The maximum atomic E-state index is 5.79. The van der Waals surface area contributed by atoms with Gasteiger partial charge in [-0.25, -0.2) is 0 Å². The van der Waals surface area contributed by atoms with Crippen molar-refractivity contribution in [2.45, 2.75) is 58.0 Å². The Bertz CT molecular complexity index is 240. The van der Waals surface area contributed by atoms with E-state index in [1.54, 1.807) is 0 Å². The van der Waals surface area contributed by atoms with Crippen LogP contribution in [0.5, 0.6) is 0 Å². The lowest BCUT2D eigenvalue weighted by molar-refractivity contribution is 0.0325.